The molecule has 1 aliphatic heterocycles. The minimum absolute atomic E-state index is 0.0482. The molecule has 1 aromatic carbocycles. The fourth-order valence-corrected chi connectivity index (χ4v) is 4.67. The molecule has 2 amide bonds. The Morgan fingerprint density at radius 3 is 2.47 bits per heavy atom. The molecule has 1 unspecified atom stereocenters. The van der Waals surface area contributed by atoms with Gasteiger partial charge in [0.05, 0.1) is 14.6 Å². The van der Waals surface area contributed by atoms with Crippen LogP contribution in [0, 0.1) is 5.82 Å². The molecule has 0 fully saturated rings. The molecule has 0 bridgehead atoms. The number of hydrogen-bond acceptors (Lipinski definition) is 5. The number of carbonyl (C=O) groups is 2. The summed E-state index contributed by atoms with van der Waals surface area (Å²) in [6.07, 6.45) is 0.402. The highest BCUT2D eigenvalue weighted by Crippen LogP contribution is 2.24. The van der Waals surface area contributed by atoms with Crippen molar-refractivity contribution in [1.29, 1.82) is 0 Å². The zero-order valence-corrected chi connectivity index (χ0v) is 18.0. The molecule has 0 saturated carbocycles. The van der Waals surface area contributed by atoms with Crippen LogP contribution in [0.4, 0.5) is 4.39 Å². The molecule has 2 aromatic rings. The smallest absolute Gasteiger partial charge is 0.276 e. The Morgan fingerprint density at radius 2 is 1.87 bits per heavy atom. The van der Waals surface area contributed by atoms with Crippen molar-refractivity contribution in [3.05, 3.63) is 63.3 Å². The van der Waals surface area contributed by atoms with Crippen LogP contribution in [0.15, 0.2) is 35.3 Å². The normalized spacial score (nSPS) is 16.4. The van der Waals surface area contributed by atoms with Crippen molar-refractivity contribution >= 4 is 19.9 Å². The van der Waals surface area contributed by atoms with Crippen LogP contribution in [0.2, 0.25) is 19.6 Å². The van der Waals surface area contributed by atoms with Crippen molar-refractivity contribution < 1.29 is 24.2 Å². The number of nitrogens with one attached hydrogen (secondary N) is 1. The lowest BCUT2D eigenvalue weighted by molar-refractivity contribution is -0.00505. The first-order valence-corrected chi connectivity index (χ1v) is 13.2. The van der Waals surface area contributed by atoms with Crippen molar-refractivity contribution in [2.75, 3.05) is 6.17 Å². The van der Waals surface area contributed by atoms with Gasteiger partial charge >= 0.3 is 0 Å². The largest absolute Gasteiger partial charge is 0.503 e. The van der Waals surface area contributed by atoms with Gasteiger partial charge in [-0.1, -0.05) is 31.8 Å². The van der Waals surface area contributed by atoms with Crippen LogP contribution in [0.3, 0.4) is 0 Å². The molecule has 3 rings (SSSR count). The summed E-state index contributed by atoms with van der Waals surface area (Å²) in [6.45, 7) is 6.07. The van der Waals surface area contributed by atoms with Gasteiger partial charge in [-0.25, -0.2) is 4.39 Å². The van der Waals surface area contributed by atoms with Gasteiger partial charge in [-0.2, -0.15) is 0 Å². The number of pyridine rings is 1. The Hall–Kier alpha value is -2.98. The van der Waals surface area contributed by atoms with Crippen LogP contribution >= 0.6 is 0 Å². The Bertz CT molecular complexity index is 1050. The van der Waals surface area contributed by atoms with E-state index < -0.39 is 43.1 Å². The second-order valence-corrected chi connectivity index (χ2v) is 13.9. The molecule has 1 atom stereocenters. The van der Waals surface area contributed by atoms with E-state index in [9.17, 15) is 29.0 Å². The number of aliphatic hydroxyl groups excluding tert-OH is 1. The molecule has 2 heterocycles. The SMILES string of the molecule is C[Si](C)(C)CN1C(=O)c2c(O)c(=O)c(C(=O)NCc3ccc(F)cc3)cn2CC1O. The average Bonchev–Trinajstić information content (AvgIpc) is 2.66. The van der Waals surface area contributed by atoms with Crippen LogP contribution < -0.4 is 10.7 Å². The molecule has 1 aliphatic rings. The van der Waals surface area contributed by atoms with Gasteiger partial charge in [0.2, 0.25) is 5.43 Å². The molecule has 0 saturated heterocycles. The van der Waals surface area contributed by atoms with Gasteiger partial charge < -0.3 is 25.0 Å². The number of hydrogen-bond donors (Lipinski definition) is 3. The van der Waals surface area contributed by atoms with Gasteiger partial charge in [0.1, 0.15) is 17.6 Å². The monoisotopic (exact) mass is 433 g/mol. The zero-order chi connectivity index (χ0) is 22.2. The van der Waals surface area contributed by atoms with Gasteiger partial charge in [-0.3, -0.25) is 14.4 Å². The number of amides is 2. The molecular formula is C20H24FN3O5Si. The molecule has 0 aliphatic carbocycles. The minimum atomic E-state index is -1.77. The highest BCUT2D eigenvalue weighted by atomic mass is 28.3. The first-order chi connectivity index (χ1) is 14.0. The summed E-state index contributed by atoms with van der Waals surface area (Å²) in [4.78, 5) is 39.1. The van der Waals surface area contributed by atoms with Crippen molar-refractivity contribution in [3.8, 4) is 5.75 Å². The summed E-state index contributed by atoms with van der Waals surface area (Å²) in [7, 11) is -1.77. The van der Waals surface area contributed by atoms with E-state index in [0.29, 0.717) is 11.7 Å². The third kappa shape index (κ3) is 4.44. The lowest BCUT2D eigenvalue weighted by Gasteiger charge is -2.37. The summed E-state index contributed by atoms with van der Waals surface area (Å²) in [5.41, 5.74) is -0.925. The third-order valence-electron chi connectivity index (χ3n) is 4.69. The topological polar surface area (TPSA) is 112 Å². The molecule has 3 N–H and O–H groups in total. The van der Waals surface area contributed by atoms with Gasteiger partial charge in [0.15, 0.2) is 11.4 Å². The van der Waals surface area contributed by atoms with Crippen molar-refractivity contribution in [2.45, 2.75) is 39.0 Å². The van der Waals surface area contributed by atoms with Crippen molar-refractivity contribution in [2.24, 2.45) is 0 Å². The molecule has 160 valence electrons. The van der Waals surface area contributed by atoms with Crippen LogP contribution in [0.1, 0.15) is 26.4 Å². The summed E-state index contributed by atoms with van der Waals surface area (Å²) in [6, 6.07) is 5.49. The third-order valence-corrected chi connectivity index (χ3v) is 5.98. The number of carbonyl (C=O) groups excluding carboxylic acids is 2. The molecule has 30 heavy (non-hydrogen) atoms. The quantitative estimate of drug-likeness (QED) is 0.615. The summed E-state index contributed by atoms with van der Waals surface area (Å²) < 4.78 is 14.2. The van der Waals surface area contributed by atoms with E-state index in [1.165, 1.54) is 39.9 Å². The number of halogens is 1. The van der Waals surface area contributed by atoms with Crippen LogP contribution in [-0.4, -0.2) is 52.0 Å². The number of rotatable bonds is 5. The number of aromatic hydroxyl groups is 1. The predicted octanol–water partition coefficient (Wildman–Crippen LogP) is 1.27. The Labute approximate surface area is 173 Å². The summed E-state index contributed by atoms with van der Waals surface area (Å²) in [5, 5.41) is 23.4. The van der Waals surface area contributed by atoms with E-state index in [2.05, 4.69) is 5.32 Å². The fourth-order valence-electron chi connectivity index (χ4n) is 3.29. The second kappa shape index (κ2) is 8.03. The molecular weight excluding hydrogens is 409 g/mol. The van der Waals surface area contributed by atoms with E-state index in [-0.39, 0.29) is 24.3 Å². The molecule has 1 aromatic heterocycles. The van der Waals surface area contributed by atoms with E-state index >= 15 is 0 Å². The highest BCUT2D eigenvalue weighted by molar-refractivity contribution is 6.76. The van der Waals surface area contributed by atoms with E-state index in [1.54, 1.807) is 0 Å². The maximum atomic E-state index is 13.0. The van der Waals surface area contributed by atoms with Crippen LogP contribution in [0.25, 0.3) is 0 Å². The zero-order valence-electron chi connectivity index (χ0n) is 17.0. The number of aliphatic hydroxyl groups is 1. The van der Waals surface area contributed by atoms with Crippen molar-refractivity contribution in [3.63, 3.8) is 0 Å². The van der Waals surface area contributed by atoms with E-state index in [0.717, 1.165) is 0 Å². The van der Waals surface area contributed by atoms with Crippen LogP contribution in [-0.2, 0) is 13.1 Å². The van der Waals surface area contributed by atoms with Gasteiger partial charge in [-0.05, 0) is 17.7 Å². The van der Waals surface area contributed by atoms with Crippen LogP contribution in [0.5, 0.6) is 5.75 Å². The maximum Gasteiger partial charge on any atom is 0.276 e. The summed E-state index contributed by atoms with van der Waals surface area (Å²) in [5.74, 6) is -2.62. The van der Waals surface area contributed by atoms with E-state index in [1.807, 2.05) is 19.6 Å². The standard InChI is InChI=1S/C20H24FN3O5Si/c1-30(2,3)11-24-15(25)10-23-9-14(17(26)18(27)16(23)20(24)29)19(28)22-8-12-4-6-13(21)7-5-12/h4-7,9,15,25,27H,8,10-11H2,1-3H3,(H,22,28). The first kappa shape index (κ1) is 21.7. The average molecular weight is 434 g/mol. The molecule has 0 spiro atoms. The minimum Gasteiger partial charge on any atom is -0.503 e. The number of nitrogens with zero attached hydrogens (tertiary/aromatic N) is 2. The predicted molar refractivity (Wildman–Crippen MR) is 110 cm³/mol. The van der Waals surface area contributed by atoms with Gasteiger partial charge in [0, 0.05) is 18.9 Å². The number of benzene rings is 1. The lowest BCUT2D eigenvalue weighted by atomic mass is 10.1. The maximum absolute atomic E-state index is 13.0. The number of aromatic nitrogens is 1. The lowest BCUT2D eigenvalue weighted by Crippen LogP contribution is -2.54. The Kier molecular flexibility index (Phi) is 5.82. The Balaban J connectivity index is 1.88. The first-order valence-electron chi connectivity index (χ1n) is 9.46. The van der Waals surface area contributed by atoms with E-state index in [4.69, 9.17) is 0 Å². The highest BCUT2D eigenvalue weighted by Gasteiger charge is 2.37. The fraction of sp³-hybridized carbons (Fsp3) is 0.350. The van der Waals surface area contributed by atoms with Gasteiger partial charge in [0.25, 0.3) is 11.8 Å². The number of fused-ring (bicyclic) bond motifs is 1. The van der Waals surface area contributed by atoms with Gasteiger partial charge in [-0.15, -0.1) is 0 Å². The van der Waals surface area contributed by atoms with Crippen molar-refractivity contribution in [1.82, 2.24) is 14.8 Å². The molecule has 10 heteroatoms. The summed E-state index contributed by atoms with van der Waals surface area (Å²) >= 11 is 0. The molecule has 0 radical (unpaired) electrons. The molecule has 8 nitrogen and oxygen atoms in total. The Morgan fingerprint density at radius 1 is 1.23 bits per heavy atom. The second-order valence-electron chi connectivity index (χ2n) is 8.50.